The number of hydrogen-bond acceptors (Lipinski definition) is 2. The van der Waals surface area contributed by atoms with Crippen molar-refractivity contribution < 1.29 is 4.79 Å². The van der Waals surface area contributed by atoms with Crippen LogP contribution in [0, 0.1) is 0 Å². The lowest BCUT2D eigenvalue weighted by Gasteiger charge is -2.21. The second-order valence-electron chi connectivity index (χ2n) is 5.45. The molecule has 100 valence electrons. The maximum atomic E-state index is 11.8. The molecule has 0 aromatic heterocycles. The van der Waals surface area contributed by atoms with E-state index in [2.05, 4.69) is 10.6 Å². The third-order valence-electron chi connectivity index (χ3n) is 2.51. The first-order valence-electron chi connectivity index (χ1n) is 6.08. The van der Waals surface area contributed by atoms with Crippen molar-refractivity contribution in [3.63, 3.8) is 0 Å². The molecule has 0 aliphatic rings. The second kappa shape index (κ2) is 6.21. The molecule has 0 spiro atoms. The van der Waals surface area contributed by atoms with E-state index in [-0.39, 0.29) is 17.5 Å². The smallest absolute Gasteiger partial charge is 0.234 e. The number of carbonyl (C=O) groups is 1. The van der Waals surface area contributed by atoms with Gasteiger partial charge in [0.05, 0.1) is 12.6 Å². The molecular weight excluding hydrogens is 248 g/mol. The van der Waals surface area contributed by atoms with Crippen LogP contribution in [0.25, 0.3) is 0 Å². The first-order valence-corrected chi connectivity index (χ1v) is 6.45. The Morgan fingerprint density at radius 3 is 2.61 bits per heavy atom. The van der Waals surface area contributed by atoms with E-state index in [0.717, 1.165) is 5.56 Å². The van der Waals surface area contributed by atoms with Gasteiger partial charge in [0.15, 0.2) is 0 Å². The number of halogens is 1. The van der Waals surface area contributed by atoms with Crippen molar-refractivity contribution in [2.45, 2.75) is 39.3 Å². The molecular formula is C14H21ClN2O. The Balaban J connectivity index is 2.50. The fraction of sp³-hybridized carbons (Fsp3) is 0.500. The van der Waals surface area contributed by atoms with E-state index in [0.29, 0.717) is 11.6 Å². The van der Waals surface area contributed by atoms with E-state index >= 15 is 0 Å². The van der Waals surface area contributed by atoms with Gasteiger partial charge in [-0.3, -0.25) is 4.79 Å². The van der Waals surface area contributed by atoms with Gasteiger partial charge in [-0.25, -0.2) is 0 Å². The van der Waals surface area contributed by atoms with E-state index < -0.39 is 0 Å². The SMILES string of the molecule is C[C@@H](NC(=O)CNC(C)(C)C)c1cccc(Cl)c1. The van der Waals surface area contributed by atoms with Gasteiger partial charge >= 0.3 is 0 Å². The van der Waals surface area contributed by atoms with Crippen molar-refractivity contribution in [1.29, 1.82) is 0 Å². The maximum Gasteiger partial charge on any atom is 0.234 e. The summed E-state index contributed by atoms with van der Waals surface area (Å²) in [5, 5.41) is 6.77. The molecule has 1 aromatic carbocycles. The van der Waals surface area contributed by atoms with Gasteiger partial charge in [0.25, 0.3) is 0 Å². The van der Waals surface area contributed by atoms with Crippen LogP contribution in [0.1, 0.15) is 39.3 Å². The molecule has 4 heteroatoms. The molecule has 0 unspecified atom stereocenters. The summed E-state index contributed by atoms with van der Waals surface area (Å²) in [5.41, 5.74) is 0.947. The van der Waals surface area contributed by atoms with Gasteiger partial charge in [0, 0.05) is 10.6 Å². The van der Waals surface area contributed by atoms with Crippen LogP contribution in [0.2, 0.25) is 5.02 Å². The van der Waals surface area contributed by atoms with Crippen LogP contribution in [-0.4, -0.2) is 18.0 Å². The van der Waals surface area contributed by atoms with Crippen molar-refractivity contribution in [2.24, 2.45) is 0 Å². The monoisotopic (exact) mass is 268 g/mol. The standard InChI is InChI=1S/C14H21ClN2O/c1-10(11-6-5-7-12(15)8-11)17-13(18)9-16-14(2,3)4/h5-8,10,16H,9H2,1-4H3,(H,17,18)/t10-/m1/s1. The average Bonchev–Trinajstić information content (AvgIpc) is 2.25. The highest BCUT2D eigenvalue weighted by Gasteiger charge is 2.13. The second-order valence-corrected chi connectivity index (χ2v) is 5.88. The van der Waals surface area contributed by atoms with Crippen molar-refractivity contribution in [2.75, 3.05) is 6.54 Å². The first kappa shape index (κ1) is 15.0. The molecule has 0 bridgehead atoms. The third-order valence-corrected chi connectivity index (χ3v) is 2.74. The van der Waals surface area contributed by atoms with E-state index in [1.807, 2.05) is 52.0 Å². The molecule has 0 saturated heterocycles. The summed E-state index contributed by atoms with van der Waals surface area (Å²) in [6, 6.07) is 7.48. The van der Waals surface area contributed by atoms with Crippen molar-refractivity contribution >= 4 is 17.5 Å². The molecule has 0 aliphatic heterocycles. The predicted molar refractivity (Wildman–Crippen MR) is 75.8 cm³/mol. The number of nitrogens with one attached hydrogen (secondary N) is 2. The topological polar surface area (TPSA) is 41.1 Å². The normalized spacial score (nSPS) is 13.2. The van der Waals surface area contributed by atoms with Crippen molar-refractivity contribution in [1.82, 2.24) is 10.6 Å². The van der Waals surface area contributed by atoms with Gasteiger partial charge < -0.3 is 10.6 Å². The molecule has 0 fully saturated rings. The summed E-state index contributed by atoms with van der Waals surface area (Å²) >= 11 is 5.92. The largest absolute Gasteiger partial charge is 0.348 e. The van der Waals surface area contributed by atoms with Crippen LogP contribution in [0.15, 0.2) is 24.3 Å². The zero-order chi connectivity index (χ0) is 13.8. The van der Waals surface area contributed by atoms with Crippen LogP contribution in [0.4, 0.5) is 0 Å². The van der Waals surface area contributed by atoms with Crippen LogP contribution >= 0.6 is 11.6 Å². The highest BCUT2D eigenvalue weighted by molar-refractivity contribution is 6.30. The van der Waals surface area contributed by atoms with Gasteiger partial charge in [-0.1, -0.05) is 23.7 Å². The Kier molecular flexibility index (Phi) is 5.17. The molecule has 1 rings (SSSR count). The van der Waals surface area contributed by atoms with Gasteiger partial charge in [-0.05, 0) is 45.4 Å². The summed E-state index contributed by atoms with van der Waals surface area (Å²) in [6.45, 7) is 8.34. The molecule has 0 aliphatic carbocycles. The number of benzene rings is 1. The minimum atomic E-state index is -0.0589. The molecule has 0 heterocycles. The fourth-order valence-electron chi connectivity index (χ4n) is 1.50. The van der Waals surface area contributed by atoms with E-state index in [1.165, 1.54) is 0 Å². The van der Waals surface area contributed by atoms with Crippen molar-refractivity contribution in [3.8, 4) is 0 Å². The summed E-state index contributed by atoms with van der Waals surface area (Å²) in [6.07, 6.45) is 0. The number of hydrogen-bond donors (Lipinski definition) is 2. The number of carbonyl (C=O) groups excluding carboxylic acids is 1. The lowest BCUT2D eigenvalue weighted by Crippen LogP contribution is -2.43. The number of rotatable bonds is 4. The predicted octanol–water partition coefficient (Wildman–Crippen LogP) is 2.91. The minimum Gasteiger partial charge on any atom is -0.348 e. The highest BCUT2D eigenvalue weighted by Crippen LogP contribution is 2.17. The average molecular weight is 269 g/mol. The minimum absolute atomic E-state index is 0.0163. The lowest BCUT2D eigenvalue weighted by molar-refractivity contribution is -0.121. The maximum absolute atomic E-state index is 11.8. The first-order chi connectivity index (χ1) is 8.28. The Morgan fingerprint density at radius 2 is 2.06 bits per heavy atom. The Labute approximate surface area is 114 Å². The highest BCUT2D eigenvalue weighted by atomic mass is 35.5. The van der Waals surface area contributed by atoms with Crippen LogP contribution < -0.4 is 10.6 Å². The van der Waals surface area contributed by atoms with Crippen LogP contribution in [-0.2, 0) is 4.79 Å². The zero-order valence-electron chi connectivity index (χ0n) is 11.4. The Morgan fingerprint density at radius 1 is 1.39 bits per heavy atom. The third kappa shape index (κ3) is 5.52. The summed E-state index contributed by atoms with van der Waals surface area (Å²) < 4.78 is 0. The van der Waals surface area contributed by atoms with Crippen LogP contribution in [0.3, 0.4) is 0 Å². The lowest BCUT2D eigenvalue weighted by atomic mass is 10.1. The number of amides is 1. The molecule has 0 radical (unpaired) electrons. The summed E-state index contributed by atoms with van der Waals surface area (Å²) in [7, 11) is 0. The zero-order valence-corrected chi connectivity index (χ0v) is 12.1. The van der Waals surface area contributed by atoms with Gasteiger partial charge in [0.1, 0.15) is 0 Å². The molecule has 1 aromatic rings. The van der Waals surface area contributed by atoms with Gasteiger partial charge in [-0.15, -0.1) is 0 Å². The van der Waals surface area contributed by atoms with E-state index in [1.54, 1.807) is 0 Å². The summed E-state index contributed by atoms with van der Waals surface area (Å²) in [5.74, 6) is -0.0163. The molecule has 18 heavy (non-hydrogen) atoms. The quantitative estimate of drug-likeness (QED) is 0.882. The molecule has 3 nitrogen and oxygen atoms in total. The van der Waals surface area contributed by atoms with Gasteiger partial charge in [-0.2, -0.15) is 0 Å². The molecule has 0 saturated carbocycles. The Bertz CT molecular complexity index is 413. The van der Waals surface area contributed by atoms with E-state index in [9.17, 15) is 4.79 Å². The van der Waals surface area contributed by atoms with Crippen molar-refractivity contribution in [3.05, 3.63) is 34.9 Å². The molecule has 2 N–H and O–H groups in total. The van der Waals surface area contributed by atoms with Gasteiger partial charge in [0.2, 0.25) is 5.91 Å². The summed E-state index contributed by atoms with van der Waals surface area (Å²) in [4.78, 5) is 11.8. The fourth-order valence-corrected chi connectivity index (χ4v) is 1.70. The van der Waals surface area contributed by atoms with Crippen LogP contribution in [0.5, 0.6) is 0 Å². The Hall–Kier alpha value is -1.06. The molecule has 1 atom stereocenters. The molecule has 1 amide bonds. The van der Waals surface area contributed by atoms with E-state index in [4.69, 9.17) is 11.6 Å².